The van der Waals surface area contributed by atoms with E-state index in [0.29, 0.717) is 19.6 Å². The third-order valence-electron chi connectivity index (χ3n) is 3.12. The second-order valence-electron chi connectivity index (χ2n) is 4.40. The average Bonchev–Trinajstić information content (AvgIpc) is 2.69. The van der Waals surface area contributed by atoms with Crippen molar-refractivity contribution in [1.82, 2.24) is 10.2 Å². The Kier molecular flexibility index (Phi) is 3.66. The van der Waals surface area contributed by atoms with Crippen LogP contribution in [0, 0.1) is 6.92 Å². The molecule has 1 unspecified atom stereocenters. The Morgan fingerprint density at radius 3 is 3.06 bits per heavy atom. The number of amides is 1. The summed E-state index contributed by atoms with van der Waals surface area (Å²) in [6.07, 6.45) is 1.41. The van der Waals surface area contributed by atoms with Crippen LogP contribution in [0.4, 0.5) is 0 Å². The highest BCUT2D eigenvalue weighted by Crippen LogP contribution is 2.17. The van der Waals surface area contributed by atoms with Gasteiger partial charge in [-0.15, -0.1) is 0 Å². The highest BCUT2D eigenvalue weighted by Gasteiger charge is 2.32. The van der Waals surface area contributed by atoms with Crippen molar-refractivity contribution in [3.63, 3.8) is 0 Å². The molecular weight excluding hydrogens is 236 g/mol. The number of rotatable bonds is 4. The Balaban J connectivity index is 2.10. The number of carbonyl (C=O) groups is 2. The van der Waals surface area contributed by atoms with Gasteiger partial charge in [0, 0.05) is 13.1 Å². The van der Waals surface area contributed by atoms with Crippen molar-refractivity contribution >= 4 is 11.9 Å². The standard InChI is InChI=1S/C12H16N2O4/c1-8-2-5-18-10(8)7-14-4-3-13-12(17)9(14)6-11(15)16/h2,5,9H,3-4,6-7H2,1H3,(H,13,17)(H,15,16). The molecule has 2 N–H and O–H groups in total. The van der Waals surface area contributed by atoms with Gasteiger partial charge in [0.15, 0.2) is 0 Å². The van der Waals surface area contributed by atoms with E-state index >= 15 is 0 Å². The van der Waals surface area contributed by atoms with E-state index in [0.717, 1.165) is 11.3 Å². The predicted octanol–water partition coefficient (Wildman–Crippen LogP) is 0.363. The number of piperazine rings is 1. The molecule has 0 aromatic carbocycles. The van der Waals surface area contributed by atoms with Crippen molar-refractivity contribution in [2.24, 2.45) is 0 Å². The summed E-state index contributed by atoms with van der Waals surface area (Å²) >= 11 is 0. The molecule has 6 nitrogen and oxygen atoms in total. The summed E-state index contributed by atoms with van der Waals surface area (Å²) in [5.74, 6) is -0.425. The molecule has 1 amide bonds. The van der Waals surface area contributed by atoms with Crippen molar-refractivity contribution in [3.05, 3.63) is 23.7 Å². The quantitative estimate of drug-likeness (QED) is 0.808. The van der Waals surface area contributed by atoms with Crippen LogP contribution in [0.15, 0.2) is 16.7 Å². The van der Waals surface area contributed by atoms with Gasteiger partial charge >= 0.3 is 5.97 Å². The van der Waals surface area contributed by atoms with Gasteiger partial charge in [0.05, 0.1) is 19.2 Å². The molecular formula is C12H16N2O4. The third-order valence-corrected chi connectivity index (χ3v) is 3.12. The summed E-state index contributed by atoms with van der Waals surface area (Å²) in [7, 11) is 0. The summed E-state index contributed by atoms with van der Waals surface area (Å²) in [6.45, 7) is 3.55. The summed E-state index contributed by atoms with van der Waals surface area (Å²) < 4.78 is 5.33. The van der Waals surface area contributed by atoms with Crippen molar-refractivity contribution < 1.29 is 19.1 Å². The number of hydrogen-bond acceptors (Lipinski definition) is 4. The zero-order chi connectivity index (χ0) is 13.1. The topological polar surface area (TPSA) is 82.8 Å². The first kappa shape index (κ1) is 12.6. The normalized spacial score (nSPS) is 20.7. The van der Waals surface area contributed by atoms with Gasteiger partial charge < -0.3 is 14.8 Å². The van der Waals surface area contributed by atoms with Crippen LogP contribution < -0.4 is 5.32 Å². The predicted molar refractivity (Wildman–Crippen MR) is 62.9 cm³/mol. The summed E-state index contributed by atoms with van der Waals surface area (Å²) in [5, 5.41) is 11.5. The largest absolute Gasteiger partial charge is 0.481 e. The molecule has 98 valence electrons. The second kappa shape index (κ2) is 5.22. The smallest absolute Gasteiger partial charge is 0.305 e. The number of aryl methyl sites for hydroxylation is 1. The Morgan fingerprint density at radius 1 is 1.67 bits per heavy atom. The van der Waals surface area contributed by atoms with Crippen LogP contribution in [0.25, 0.3) is 0 Å². The van der Waals surface area contributed by atoms with Crippen LogP contribution in [0.3, 0.4) is 0 Å². The van der Waals surface area contributed by atoms with Gasteiger partial charge in [-0.2, -0.15) is 0 Å². The fourth-order valence-corrected chi connectivity index (χ4v) is 2.09. The zero-order valence-electron chi connectivity index (χ0n) is 10.2. The molecule has 0 aliphatic carbocycles. The number of carboxylic acid groups (broad SMARTS) is 1. The van der Waals surface area contributed by atoms with Gasteiger partial charge in [0.1, 0.15) is 11.8 Å². The van der Waals surface area contributed by atoms with Crippen LogP contribution in [-0.2, 0) is 16.1 Å². The maximum Gasteiger partial charge on any atom is 0.305 e. The summed E-state index contributed by atoms with van der Waals surface area (Å²) in [6, 6.07) is 1.23. The molecule has 0 radical (unpaired) electrons. The number of furan rings is 1. The second-order valence-corrected chi connectivity index (χ2v) is 4.40. The molecule has 1 saturated heterocycles. The van der Waals surface area contributed by atoms with Gasteiger partial charge in [0.2, 0.25) is 5.91 Å². The monoisotopic (exact) mass is 252 g/mol. The fourth-order valence-electron chi connectivity index (χ4n) is 2.09. The molecule has 18 heavy (non-hydrogen) atoms. The van der Waals surface area contributed by atoms with E-state index in [1.807, 2.05) is 17.9 Å². The average molecular weight is 252 g/mol. The van der Waals surface area contributed by atoms with Crippen molar-refractivity contribution in [1.29, 1.82) is 0 Å². The molecule has 1 aliphatic rings. The van der Waals surface area contributed by atoms with E-state index in [1.54, 1.807) is 6.26 Å². The first-order valence-electron chi connectivity index (χ1n) is 5.84. The Labute approximate surface area is 105 Å². The first-order chi connectivity index (χ1) is 8.58. The van der Waals surface area contributed by atoms with Gasteiger partial charge in [0.25, 0.3) is 0 Å². The van der Waals surface area contributed by atoms with E-state index in [-0.39, 0.29) is 12.3 Å². The number of nitrogens with zero attached hydrogens (tertiary/aromatic N) is 1. The molecule has 2 heterocycles. The highest BCUT2D eigenvalue weighted by atomic mass is 16.4. The molecule has 2 rings (SSSR count). The minimum atomic E-state index is -0.974. The van der Waals surface area contributed by atoms with E-state index in [4.69, 9.17) is 9.52 Å². The Bertz CT molecular complexity index is 455. The maximum atomic E-state index is 11.7. The molecule has 1 aromatic heterocycles. The lowest BCUT2D eigenvalue weighted by molar-refractivity contribution is -0.143. The summed E-state index contributed by atoms with van der Waals surface area (Å²) in [5.41, 5.74) is 1.01. The van der Waals surface area contributed by atoms with E-state index in [9.17, 15) is 9.59 Å². The van der Waals surface area contributed by atoms with Crippen LogP contribution in [0.1, 0.15) is 17.7 Å². The molecule has 1 atom stereocenters. The number of aliphatic carboxylic acids is 1. The number of nitrogens with one attached hydrogen (secondary N) is 1. The van der Waals surface area contributed by atoms with Crippen LogP contribution in [-0.4, -0.2) is 41.0 Å². The minimum Gasteiger partial charge on any atom is -0.481 e. The molecule has 0 spiro atoms. The lowest BCUT2D eigenvalue weighted by Gasteiger charge is -2.33. The maximum absolute atomic E-state index is 11.7. The Morgan fingerprint density at radius 2 is 2.44 bits per heavy atom. The van der Waals surface area contributed by atoms with Gasteiger partial charge in [-0.25, -0.2) is 0 Å². The van der Waals surface area contributed by atoms with E-state index in [2.05, 4.69) is 5.32 Å². The molecule has 0 bridgehead atoms. The van der Waals surface area contributed by atoms with E-state index in [1.165, 1.54) is 0 Å². The van der Waals surface area contributed by atoms with Crippen LogP contribution >= 0.6 is 0 Å². The number of hydrogen-bond donors (Lipinski definition) is 2. The van der Waals surface area contributed by atoms with E-state index < -0.39 is 12.0 Å². The molecule has 1 fully saturated rings. The van der Waals surface area contributed by atoms with Crippen molar-refractivity contribution in [3.8, 4) is 0 Å². The van der Waals surface area contributed by atoms with Crippen molar-refractivity contribution in [2.45, 2.75) is 25.9 Å². The van der Waals surface area contributed by atoms with Crippen LogP contribution in [0.5, 0.6) is 0 Å². The third kappa shape index (κ3) is 2.70. The number of carbonyl (C=O) groups excluding carboxylic acids is 1. The van der Waals surface area contributed by atoms with Gasteiger partial charge in [-0.1, -0.05) is 0 Å². The summed E-state index contributed by atoms with van der Waals surface area (Å²) in [4.78, 5) is 24.4. The molecule has 1 aliphatic heterocycles. The highest BCUT2D eigenvalue weighted by molar-refractivity contribution is 5.86. The lowest BCUT2D eigenvalue weighted by atomic mass is 10.1. The van der Waals surface area contributed by atoms with Crippen molar-refractivity contribution in [2.75, 3.05) is 13.1 Å². The fraction of sp³-hybridized carbons (Fsp3) is 0.500. The zero-order valence-corrected chi connectivity index (χ0v) is 10.2. The first-order valence-corrected chi connectivity index (χ1v) is 5.84. The van der Waals surface area contributed by atoms with Gasteiger partial charge in [-0.05, 0) is 18.6 Å². The Hall–Kier alpha value is -1.82. The SMILES string of the molecule is Cc1ccoc1CN1CCNC(=O)C1CC(=O)O. The van der Waals surface area contributed by atoms with Gasteiger partial charge in [-0.3, -0.25) is 14.5 Å². The van der Waals surface area contributed by atoms with Crippen LogP contribution in [0.2, 0.25) is 0 Å². The minimum absolute atomic E-state index is 0.189. The molecule has 1 aromatic rings. The molecule has 0 saturated carbocycles. The molecule has 6 heteroatoms. The lowest BCUT2D eigenvalue weighted by Crippen LogP contribution is -2.55. The number of carboxylic acids is 1.